The minimum atomic E-state index is -0.159. The van der Waals surface area contributed by atoms with Gasteiger partial charge in [-0.1, -0.05) is 19.9 Å². The van der Waals surface area contributed by atoms with Crippen molar-refractivity contribution in [2.45, 2.75) is 38.8 Å². The standard InChI is InChI=1S/C14H19FINO/c1-9(2)13-8-10(6-7-18-13)17-12-5-3-4-11(15)14(12)16/h3-5,9-10,13,17H,6-8H2,1-2H3. The summed E-state index contributed by atoms with van der Waals surface area (Å²) in [5.74, 6) is 0.370. The fourth-order valence-electron chi connectivity index (χ4n) is 2.26. The van der Waals surface area contributed by atoms with Crippen molar-refractivity contribution in [3.05, 3.63) is 27.6 Å². The van der Waals surface area contributed by atoms with E-state index in [1.807, 2.05) is 6.07 Å². The van der Waals surface area contributed by atoms with Crippen LogP contribution in [0.25, 0.3) is 0 Å². The highest BCUT2D eigenvalue weighted by molar-refractivity contribution is 14.1. The summed E-state index contributed by atoms with van der Waals surface area (Å²) in [6, 6.07) is 5.55. The highest BCUT2D eigenvalue weighted by Gasteiger charge is 2.25. The number of rotatable bonds is 3. The molecule has 2 unspecified atom stereocenters. The average Bonchev–Trinajstić information content (AvgIpc) is 2.35. The largest absolute Gasteiger partial charge is 0.381 e. The minimum Gasteiger partial charge on any atom is -0.381 e. The summed E-state index contributed by atoms with van der Waals surface area (Å²) in [6.45, 7) is 5.14. The van der Waals surface area contributed by atoms with E-state index in [2.05, 4.69) is 41.8 Å². The van der Waals surface area contributed by atoms with E-state index in [0.29, 0.717) is 21.6 Å². The van der Waals surface area contributed by atoms with E-state index in [1.165, 1.54) is 6.07 Å². The molecule has 0 amide bonds. The molecule has 18 heavy (non-hydrogen) atoms. The van der Waals surface area contributed by atoms with Crippen LogP contribution in [0.3, 0.4) is 0 Å². The van der Waals surface area contributed by atoms with Gasteiger partial charge in [-0.25, -0.2) is 4.39 Å². The van der Waals surface area contributed by atoms with Gasteiger partial charge in [0.1, 0.15) is 5.82 Å². The summed E-state index contributed by atoms with van der Waals surface area (Å²) in [5.41, 5.74) is 0.894. The molecule has 0 aromatic heterocycles. The molecular formula is C14H19FINO. The Hall–Kier alpha value is -0.360. The van der Waals surface area contributed by atoms with Crippen LogP contribution < -0.4 is 5.32 Å². The topological polar surface area (TPSA) is 21.3 Å². The van der Waals surface area contributed by atoms with Crippen molar-refractivity contribution in [2.75, 3.05) is 11.9 Å². The molecule has 1 aromatic carbocycles. The Bertz CT molecular complexity index is 411. The van der Waals surface area contributed by atoms with Crippen molar-refractivity contribution in [2.24, 2.45) is 5.92 Å². The molecular weight excluding hydrogens is 344 g/mol. The summed E-state index contributed by atoms with van der Waals surface area (Å²) in [4.78, 5) is 0. The molecule has 1 fully saturated rings. The zero-order chi connectivity index (χ0) is 13.1. The zero-order valence-corrected chi connectivity index (χ0v) is 12.9. The predicted molar refractivity (Wildman–Crippen MR) is 80.3 cm³/mol. The number of benzene rings is 1. The molecule has 100 valence electrons. The van der Waals surface area contributed by atoms with Crippen LogP contribution >= 0.6 is 22.6 Å². The van der Waals surface area contributed by atoms with Crippen molar-refractivity contribution >= 4 is 28.3 Å². The molecule has 0 saturated carbocycles. The Labute approximate surface area is 121 Å². The van der Waals surface area contributed by atoms with Crippen LogP contribution in [0.15, 0.2) is 18.2 Å². The van der Waals surface area contributed by atoms with Gasteiger partial charge >= 0.3 is 0 Å². The molecule has 1 aliphatic rings. The van der Waals surface area contributed by atoms with Gasteiger partial charge in [0.25, 0.3) is 0 Å². The zero-order valence-electron chi connectivity index (χ0n) is 10.7. The molecule has 0 spiro atoms. The summed E-state index contributed by atoms with van der Waals surface area (Å²) in [7, 11) is 0. The second kappa shape index (κ2) is 6.19. The number of anilines is 1. The van der Waals surface area contributed by atoms with E-state index in [1.54, 1.807) is 6.07 Å². The van der Waals surface area contributed by atoms with Crippen molar-refractivity contribution in [1.29, 1.82) is 0 Å². The summed E-state index contributed by atoms with van der Waals surface area (Å²) < 4.78 is 19.9. The maximum atomic E-state index is 13.5. The van der Waals surface area contributed by atoms with Gasteiger partial charge in [0, 0.05) is 12.6 Å². The maximum absolute atomic E-state index is 13.5. The van der Waals surface area contributed by atoms with Crippen LogP contribution in [0.2, 0.25) is 0 Å². The van der Waals surface area contributed by atoms with Gasteiger partial charge in [-0.2, -0.15) is 0 Å². The second-order valence-electron chi connectivity index (χ2n) is 5.12. The van der Waals surface area contributed by atoms with Gasteiger partial charge < -0.3 is 10.1 Å². The first-order valence-corrected chi connectivity index (χ1v) is 7.48. The lowest BCUT2D eigenvalue weighted by Gasteiger charge is -2.33. The van der Waals surface area contributed by atoms with Crippen LogP contribution in [0.1, 0.15) is 26.7 Å². The third-order valence-corrected chi connectivity index (χ3v) is 4.47. The number of nitrogens with one attached hydrogen (secondary N) is 1. The fourth-order valence-corrected chi connectivity index (χ4v) is 2.77. The summed E-state index contributed by atoms with van der Waals surface area (Å²) >= 11 is 2.05. The molecule has 1 aromatic rings. The quantitative estimate of drug-likeness (QED) is 0.819. The highest BCUT2D eigenvalue weighted by Crippen LogP contribution is 2.26. The Morgan fingerprint density at radius 2 is 2.22 bits per heavy atom. The molecule has 4 heteroatoms. The molecule has 0 aliphatic carbocycles. The first kappa shape index (κ1) is 14.1. The smallest absolute Gasteiger partial charge is 0.138 e. The molecule has 1 heterocycles. The van der Waals surface area contributed by atoms with Crippen LogP contribution in [-0.4, -0.2) is 18.8 Å². The second-order valence-corrected chi connectivity index (χ2v) is 6.20. The van der Waals surface area contributed by atoms with Crippen LogP contribution in [-0.2, 0) is 4.74 Å². The lowest BCUT2D eigenvalue weighted by atomic mass is 9.95. The Kier molecular flexibility index (Phi) is 4.84. The van der Waals surface area contributed by atoms with Crippen molar-refractivity contribution in [3.8, 4) is 0 Å². The summed E-state index contributed by atoms with van der Waals surface area (Å²) in [6.07, 6.45) is 2.28. The van der Waals surface area contributed by atoms with E-state index in [4.69, 9.17) is 4.74 Å². The first-order valence-electron chi connectivity index (χ1n) is 6.40. The molecule has 2 atom stereocenters. The van der Waals surface area contributed by atoms with Crippen molar-refractivity contribution in [3.63, 3.8) is 0 Å². The SMILES string of the molecule is CC(C)C1CC(Nc2cccc(F)c2I)CCO1. The highest BCUT2D eigenvalue weighted by atomic mass is 127. The van der Waals surface area contributed by atoms with Crippen LogP contribution in [0.4, 0.5) is 10.1 Å². The lowest BCUT2D eigenvalue weighted by molar-refractivity contribution is -0.0160. The molecule has 1 saturated heterocycles. The Morgan fingerprint density at radius 3 is 2.94 bits per heavy atom. The van der Waals surface area contributed by atoms with Crippen LogP contribution in [0, 0.1) is 15.3 Å². The van der Waals surface area contributed by atoms with Crippen molar-refractivity contribution < 1.29 is 9.13 Å². The molecule has 2 nitrogen and oxygen atoms in total. The fraction of sp³-hybridized carbons (Fsp3) is 0.571. The molecule has 1 N–H and O–H groups in total. The van der Waals surface area contributed by atoms with Gasteiger partial charge in [-0.3, -0.25) is 0 Å². The third kappa shape index (κ3) is 3.35. The minimum absolute atomic E-state index is 0.159. The normalized spacial score (nSPS) is 24.3. The third-order valence-electron chi connectivity index (χ3n) is 3.37. The number of hydrogen-bond donors (Lipinski definition) is 1. The van der Waals surface area contributed by atoms with Crippen LogP contribution in [0.5, 0.6) is 0 Å². The van der Waals surface area contributed by atoms with E-state index in [9.17, 15) is 4.39 Å². The monoisotopic (exact) mass is 363 g/mol. The molecule has 1 aliphatic heterocycles. The number of ether oxygens (including phenoxy) is 1. The average molecular weight is 363 g/mol. The van der Waals surface area contributed by atoms with E-state index in [0.717, 1.165) is 25.1 Å². The number of halogens is 2. The maximum Gasteiger partial charge on any atom is 0.138 e. The van der Waals surface area contributed by atoms with E-state index < -0.39 is 0 Å². The Balaban J connectivity index is 2.03. The van der Waals surface area contributed by atoms with Gasteiger partial charge in [0.2, 0.25) is 0 Å². The van der Waals surface area contributed by atoms with Gasteiger partial charge in [0.05, 0.1) is 15.4 Å². The summed E-state index contributed by atoms with van der Waals surface area (Å²) in [5, 5.41) is 3.45. The molecule has 0 radical (unpaired) electrons. The molecule has 2 rings (SSSR count). The Morgan fingerprint density at radius 1 is 1.44 bits per heavy atom. The van der Waals surface area contributed by atoms with Gasteiger partial charge in [-0.15, -0.1) is 0 Å². The first-order chi connectivity index (χ1) is 8.58. The number of hydrogen-bond acceptors (Lipinski definition) is 2. The lowest BCUT2D eigenvalue weighted by Crippen LogP contribution is -2.36. The predicted octanol–water partition coefficient (Wildman–Crippen LogP) is 4.05. The molecule has 0 bridgehead atoms. The van der Waals surface area contributed by atoms with Gasteiger partial charge in [-0.05, 0) is 53.5 Å². The van der Waals surface area contributed by atoms with Gasteiger partial charge in [0.15, 0.2) is 0 Å². The van der Waals surface area contributed by atoms with E-state index >= 15 is 0 Å². The van der Waals surface area contributed by atoms with E-state index in [-0.39, 0.29) is 5.82 Å². The van der Waals surface area contributed by atoms with Crippen molar-refractivity contribution in [1.82, 2.24) is 0 Å².